The highest BCUT2D eigenvalue weighted by molar-refractivity contribution is 7.99. The first-order valence-corrected chi connectivity index (χ1v) is 6.76. The van der Waals surface area contributed by atoms with Crippen molar-refractivity contribution >= 4 is 22.7 Å². The summed E-state index contributed by atoms with van der Waals surface area (Å²) in [6, 6.07) is 9.99. The topological polar surface area (TPSA) is 56.9 Å². The molecule has 4 heteroatoms. The highest BCUT2D eigenvalue weighted by Crippen LogP contribution is 2.31. The second kappa shape index (κ2) is 5.85. The van der Waals surface area contributed by atoms with Gasteiger partial charge in [-0.3, -0.25) is 4.98 Å². The number of para-hydroxylation sites is 1. The minimum absolute atomic E-state index is 0.165. The number of hydrogen-bond donors (Lipinski definition) is 1. The van der Waals surface area contributed by atoms with E-state index in [0.717, 1.165) is 21.6 Å². The molecule has 1 aromatic heterocycles. The average Bonchev–Trinajstić information content (AvgIpc) is 2.44. The van der Waals surface area contributed by atoms with Gasteiger partial charge in [0.05, 0.1) is 11.1 Å². The normalized spacial score (nSPS) is 12.3. The Hall–Kier alpha value is -1.57. The van der Waals surface area contributed by atoms with Crippen LogP contribution in [0.2, 0.25) is 0 Å². The van der Waals surface area contributed by atoms with Gasteiger partial charge in [0.25, 0.3) is 0 Å². The third kappa shape index (κ3) is 2.63. The summed E-state index contributed by atoms with van der Waals surface area (Å²) in [5.74, 6) is 1.01. The summed E-state index contributed by atoms with van der Waals surface area (Å²) in [7, 11) is 0. The van der Waals surface area contributed by atoms with Crippen LogP contribution in [-0.4, -0.2) is 22.5 Å². The number of benzene rings is 1. The van der Waals surface area contributed by atoms with Gasteiger partial charge in [-0.1, -0.05) is 25.1 Å². The molecule has 0 saturated heterocycles. The van der Waals surface area contributed by atoms with Crippen LogP contribution in [0.5, 0.6) is 0 Å². The van der Waals surface area contributed by atoms with Crippen molar-refractivity contribution in [1.29, 1.82) is 5.26 Å². The van der Waals surface area contributed by atoms with Crippen LogP contribution in [0.15, 0.2) is 35.4 Å². The van der Waals surface area contributed by atoms with Crippen molar-refractivity contribution in [2.24, 2.45) is 5.92 Å². The summed E-state index contributed by atoms with van der Waals surface area (Å²) >= 11 is 1.61. The Kier molecular flexibility index (Phi) is 4.19. The molecule has 0 radical (unpaired) electrons. The van der Waals surface area contributed by atoms with Gasteiger partial charge in [0, 0.05) is 28.8 Å². The van der Waals surface area contributed by atoms with E-state index in [1.165, 1.54) is 0 Å². The lowest BCUT2D eigenvalue weighted by Gasteiger charge is -2.10. The van der Waals surface area contributed by atoms with E-state index in [4.69, 9.17) is 10.4 Å². The number of aliphatic hydroxyl groups is 1. The van der Waals surface area contributed by atoms with Crippen molar-refractivity contribution in [2.75, 3.05) is 12.4 Å². The first-order chi connectivity index (χ1) is 8.76. The summed E-state index contributed by atoms with van der Waals surface area (Å²) < 4.78 is 0. The van der Waals surface area contributed by atoms with Gasteiger partial charge in [-0.05, 0) is 12.0 Å². The van der Waals surface area contributed by atoms with E-state index in [1.807, 2.05) is 31.2 Å². The molecular formula is C14H14N2OS. The van der Waals surface area contributed by atoms with E-state index in [9.17, 15) is 0 Å². The molecule has 0 aliphatic carbocycles. The summed E-state index contributed by atoms with van der Waals surface area (Å²) in [5, 5.41) is 19.2. The first-order valence-electron chi connectivity index (χ1n) is 5.77. The lowest BCUT2D eigenvalue weighted by Crippen LogP contribution is -2.03. The molecule has 0 fully saturated rings. The molecule has 0 aliphatic heterocycles. The molecule has 0 aliphatic rings. The third-order valence-corrected chi connectivity index (χ3v) is 4.13. The number of nitrogens with zero attached hydrogens (tertiary/aromatic N) is 2. The maximum Gasteiger partial charge on any atom is 0.102 e. The fraction of sp³-hybridized carbons (Fsp3) is 0.286. The highest BCUT2D eigenvalue weighted by atomic mass is 32.2. The summed E-state index contributed by atoms with van der Waals surface area (Å²) in [5.41, 5.74) is 1.50. The Morgan fingerprint density at radius 2 is 2.22 bits per heavy atom. The molecular weight excluding hydrogens is 244 g/mol. The predicted molar refractivity (Wildman–Crippen MR) is 73.4 cm³/mol. The second-order valence-corrected chi connectivity index (χ2v) is 5.26. The van der Waals surface area contributed by atoms with Gasteiger partial charge in [0.2, 0.25) is 0 Å². The minimum atomic E-state index is 0.165. The van der Waals surface area contributed by atoms with Crippen molar-refractivity contribution in [2.45, 2.75) is 11.8 Å². The molecule has 92 valence electrons. The standard InChI is InChI=1S/C14H14N2OS/c1-10(8-17)9-18-14-11(6-15)7-16-13-5-3-2-4-12(13)14/h2-5,7,10,17H,8-9H2,1H3. The molecule has 2 rings (SSSR count). The van der Waals surface area contributed by atoms with Gasteiger partial charge in [-0.25, -0.2) is 0 Å². The Morgan fingerprint density at radius 1 is 1.44 bits per heavy atom. The van der Waals surface area contributed by atoms with Crippen LogP contribution in [0.4, 0.5) is 0 Å². The van der Waals surface area contributed by atoms with E-state index in [2.05, 4.69) is 11.1 Å². The van der Waals surface area contributed by atoms with Crippen molar-refractivity contribution in [3.63, 3.8) is 0 Å². The molecule has 2 aromatic rings. The summed E-state index contributed by atoms with van der Waals surface area (Å²) in [4.78, 5) is 5.24. The number of rotatable bonds is 4. The monoisotopic (exact) mass is 258 g/mol. The molecule has 0 amide bonds. The maximum atomic E-state index is 9.15. The Bertz CT molecular complexity index is 592. The Labute approximate surface area is 110 Å². The van der Waals surface area contributed by atoms with E-state index < -0.39 is 0 Å². The molecule has 1 heterocycles. The fourth-order valence-electron chi connectivity index (χ4n) is 1.63. The van der Waals surface area contributed by atoms with Gasteiger partial charge in [0.1, 0.15) is 6.07 Å². The lowest BCUT2D eigenvalue weighted by molar-refractivity contribution is 0.250. The van der Waals surface area contributed by atoms with Crippen LogP contribution in [0, 0.1) is 17.2 Å². The Balaban J connectivity index is 2.42. The van der Waals surface area contributed by atoms with E-state index in [0.29, 0.717) is 5.56 Å². The molecule has 3 nitrogen and oxygen atoms in total. The van der Waals surface area contributed by atoms with Gasteiger partial charge in [-0.15, -0.1) is 11.8 Å². The highest BCUT2D eigenvalue weighted by Gasteiger charge is 2.10. The summed E-state index contributed by atoms with van der Waals surface area (Å²) in [6.07, 6.45) is 1.62. The molecule has 1 N–H and O–H groups in total. The van der Waals surface area contributed by atoms with E-state index in [1.54, 1.807) is 18.0 Å². The summed E-state index contributed by atoms with van der Waals surface area (Å²) in [6.45, 7) is 2.15. The Morgan fingerprint density at radius 3 is 2.94 bits per heavy atom. The maximum absolute atomic E-state index is 9.15. The van der Waals surface area contributed by atoms with Crippen LogP contribution >= 0.6 is 11.8 Å². The van der Waals surface area contributed by atoms with Gasteiger partial charge in [-0.2, -0.15) is 5.26 Å². The number of thioether (sulfide) groups is 1. The fourth-order valence-corrected chi connectivity index (χ4v) is 2.77. The molecule has 1 unspecified atom stereocenters. The third-order valence-electron chi connectivity index (χ3n) is 2.67. The van der Waals surface area contributed by atoms with Crippen molar-refractivity contribution in [3.05, 3.63) is 36.0 Å². The predicted octanol–water partition coefficient (Wildman–Crippen LogP) is 2.83. The van der Waals surface area contributed by atoms with E-state index >= 15 is 0 Å². The molecule has 1 aromatic carbocycles. The molecule has 1 atom stereocenters. The van der Waals surface area contributed by atoms with Gasteiger partial charge >= 0.3 is 0 Å². The zero-order chi connectivity index (χ0) is 13.0. The zero-order valence-corrected chi connectivity index (χ0v) is 10.9. The molecule has 18 heavy (non-hydrogen) atoms. The van der Waals surface area contributed by atoms with Crippen LogP contribution in [0.3, 0.4) is 0 Å². The smallest absolute Gasteiger partial charge is 0.102 e. The van der Waals surface area contributed by atoms with Crippen LogP contribution in [0.25, 0.3) is 10.9 Å². The number of hydrogen-bond acceptors (Lipinski definition) is 4. The van der Waals surface area contributed by atoms with Crippen LogP contribution in [0.1, 0.15) is 12.5 Å². The van der Waals surface area contributed by atoms with Crippen molar-refractivity contribution in [1.82, 2.24) is 4.98 Å². The molecule has 0 saturated carbocycles. The molecule has 0 bridgehead atoms. The van der Waals surface area contributed by atoms with Gasteiger partial charge < -0.3 is 5.11 Å². The van der Waals surface area contributed by atoms with E-state index in [-0.39, 0.29) is 12.5 Å². The zero-order valence-electron chi connectivity index (χ0n) is 10.1. The second-order valence-electron chi connectivity index (χ2n) is 4.23. The molecule has 0 spiro atoms. The number of aromatic nitrogens is 1. The number of nitriles is 1. The van der Waals surface area contributed by atoms with Crippen molar-refractivity contribution < 1.29 is 5.11 Å². The van der Waals surface area contributed by atoms with Crippen molar-refractivity contribution in [3.8, 4) is 6.07 Å². The van der Waals surface area contributed by atoms with Crippen LogP contribution in [-0.2, 0) is 0 Å². The average molecular weight is 258 g/mol. The first kappa shape index (κ1) is 12.9. The van der Waals surface area contributed by atoms with Crippen LogP contribution < -0.4 is 0 Å². The SMILES string of the molecule is CC(CO)CSc1c(C#N)cnc2ccccc12. The largest absolute Gasteiger partial charge is 0.396 e. The minimum Gasteiger partial charge on any atom is -0.396 e. The number of aliphatic hydroxyl groups excluding tert-OH is 1. The van der Waals surface area contributed by atoms with Gasteiger partial charge in [0.15, 0.2) is 0 Å². The number of pyridine rings is 1. The lowest BCUT2D eigenvalue weighted by atomic mass is 10.2. The number of fused-ring (bicyclic) bond motifs is 1. The quantitative estimate of drug-likeness (QED) is 0.857.